The maximum Gasteiger partial charge on any atom is 0.253 e. The average Bonchev–Trinajstić information content (AvgIpc) is 2.39. The monoisotopic (exact) mass is 247 g/mol. The molecule has 1 N–H and O–H groups in total. The van der Waals surface area contributed by atoms with Crippen LogP contribution in [-0.2, 0) is 0 Å². The number of aliphatic hydroxyl groups is 1. The van der Waals surface area contributed by atoms with E-state index in [1.165, 1.54) is 0 Å². The molecule has 0 aliphatic carbocycles. The first-order chi connectivity index (χ1) is 8.61. The highest BCUT2D eigenvalue weighted by atomic mass is 16.3. The summed E-state index contributed by atoms with van der Waals surface area (Å²) < 4.78 is 0. The summed E-state index contributed by atoms with van der Waals surface area (Å²) >= 11 is 0. The number of hydrogen-bond acceptors (Lipinski definition) is 2. The van der Waals surface area contributed by atoms with E-state index in [1.807, 2.05) is 36.1 Å². The number of likely N-dealkylation sites (tertiary alicyclic amines) is 1. The van der Waals surface area contributed by atoms with Crippen LogP contribution in [0.15, 0.2) is 24.3 Å². The summed E-state index contributed by atoms with van der Waals surface area (Å²) in [4.78, 5) is 14.2. The van der Waals surface area contributed by atoms with E-state index in [2.05, 4.69) is 6.92 Å². The van der Waals surface area contributed by atoms with E-state index in [1.54, 1.807) is 0 Å². The van der Waals surface area contributed by atoms with Crippen LogP contribution in [0.5, 0.6) is 0 Å². The molecule has 3 nitrogen and oxygen atoms in total. The molecule has 0 spiro atoms. The molecule has 1 saturated heterocycles. The topological polar surface area (TPSA) is 40.5 Å². The van der Waals surface area contributed by atoms with Crippen molar-refractivity contribution in [3.05, 3.63) is 35.4 Å². The van der Waals surface area contributed by atoms with E-state index in [0.717, 1.165) is 17.5 Å². The van der Waals surface area contributed by atoms with Crippen LogP contribution in [0.1, 0.15) is 35.7 Å². The number of rotatable bonds is 2. The fraction of sp³-hybridized carbons (Fsp3) is 0.533. The molecule has 1 amide bonds. The zero-order chi connectivity index (χ0) is 13.1. The third-order valence-electron chi connectivity index (χ3n) is 3.80. The molecule has 2 atom stereocenters. The van der Waals surface area contributed by atoms with Crippen molar-refractivity contribution < 1.29 is 9.90 Å². The number of aryl methyl sites for hydroxylation is 1. The summed E-state index contributed by atoms with van der Waals surface area (Å²) in [5.74, 6) is 0.300. The first kappa shape index (κ1) is 13.1. The zero-order valence-corrected chi connectivity index (χ0v) is 11.1. The van der Waals surface area contributed by atoms with Gasteiger partial charge in [0.25, 0.3) is 5.91 Å². The van der Waals surface area contributed by atoms with Gasteiger partial charge in [0.2, 0.25) is 0 Å². The van der Waals surface area contributed by atoms with Crippen LogP contribution in [0.25, 0.3) is 0 Å². The van der Waals surface area contributed by atoms with E-state index < -0.39 is 0 Å². The quantitative estimate of drug-likeness (QED) is 0.870. The molecule has 0 radical (unpaired) electrons. The highest BCUT2D eigenvalue weighted by molar-refractivity contribution is 5.94. The molecule has 1 aliphatic rings. The van der Waals surface area contributed by atoms with Crippen molar-refractivity contribution in [1.29, 1.82) is 0 Å². The number of nitrogens with zero attached hydrogens (tertiary/aromatic N) is 1. The highest BCUT2D eigenvalue weighted by Crippen LogP contribution is 2.21. The molecule has 1 heterocycles. The molecule has 18 heavy (non-hydrogen) atoms. The Bertz CT molecular complexity index is 413. The molecule has 1 aliphatic heterocycles. The van der Waals surface area contributed by atoms with Crippen LogP contribution < -0.4 is 0 Å². The summed E-state index contributed by atoms with van der Waals surface area (Å²) in [6, 6.07) is 7.68. The van der Waals surface area contributed by atoms with Gasteiger partial charge < -0.3 is 10.0 Å². The lowest BCUT2D eigenvalue weighted by Crippen LogP contribution is -2.45. The Hall–Kier alpha value is -1.35. The van der Waals surface area contributed by atoms with E-state index >= 15 is 0 Å². The van der Waals surface area contributed by atoms with E-state index in [-0.39, 0.29) is 17.9 Å². The predicted molar refractivity (Wildman–Crippen MR) is 71.5 cm³/mol. The van der Waals surface area contributed by atoms with Gasteiger partial charge in [0.1, 0.15) is 0 Å². The third kappa shape index (κ3) is 2.72. The van der Waals surface area contributed by atoms with Crippen molar-refractivity contribution in [3.8, 4) is 0 Å². The van der Waals surface area contributed by atoms with Crippen molar-refractivity contribution in [1.82, 2.24) is 4.90 Å². The lowest BCUT2D eigenvalue weighted by molar-refractivity contribution is 0.0229. The molecule has 1 aromatic rings. The Morgan fingerprint density at radius 1 is 1.39 bits per heavy atom. The van der Waals surface area contributed by atoms with Crippen molar-refractivity contribution in [3.63, 3.8) is 0 Å². The van der Waals surface area contributed by atoms with Gasteiger partial charge in [0.05, 0.1) is 6.10 Å². The molecular weight excluding hydrogens is 226 g/mol. The molecular formula is C15H21NO2. The summed E-state index contributed by atoms with van der Waals surface area (Å²) in [6.45, 7) is 5.40. The average molecular weight is 247 g/mol. The van der Waals surface area contributed by atoms with Crippen LogP contribution in [0.4, 0.5) is 0 Å². The Labute approximate surface area is 108 Å². The lowest BCUT2D eigenvalue weighted by atomic mass is 9.92. The summed E-state index contributed by atoms with van der Waals surface area (Å²) in [6.07, 6.45) is 1.35. The Kier molecular flexibility index (Phi) is 4.02. The van der Waals surface area contributed by atoms with Gasteiger partial charge in [-0.2, -0.15) is 0 Å². The third-order valence-corrected chi connectivity index (χ3v) is 3.80. The standard InChI is InChI=1S/C15H21NO2/c1-3-12-10-16(9-8-14(12)17)15(18)13-6-4-11(2)5-7-13/h4-7,12,14,17H,3,8-10H2,1-2H3. The summed E-state index contributed by atoms with van der Waals surface area (Å²) in [5, 5.41) is 9.84. The van der Waals surface area contributed by atoms with Crippen LogP contribution in [0.2, 0.25) is 0 Å². The number of piperidine rings is 1. The molecule has 1 aromatic carbocycles. The Balaban J connectivity index is 2.07. The minimum Gasteiger partial charge on any atom is -0.393 e. The molecule has 0 bridgehead atoms. The fourth-order valence-corrected chi connectivity index (χ4v) is 2.48. The van der Waals surface area contributed by atoms with Crippen LogP contribution in [0.3, 0.4) is 0 Å². The van der Waals surface area contributed by atoms with Crippen molar-refractivity contribution in [2.24, 2.45) is 5.92 Å². The van der Waals surface area contributed by atoms with Gasteiger partial charge in [-0.25, -0.2) is 0 Å². The molecule has 1 fully saturated rings. The molecule has 0 saturated carbocycles. The number of aliphatic hydroxyl groups excluding tert-OH is 1. The normalized spacial score (nSPS) is 24.1. The number of amides is 1. The second-order valence-electron chi connectivity index (χ2n) is 5.14. The van der Waals surface area contributed by atoms with E-state index in [9.17, 15) is 9.90 Å². The van der Waals surface area contributed by atoms with Gasteiger partial charge >= 0.3 is 0 Å². The van der Waals surface area contributed by atoms with Crippen molar-refractivity contribution in [2.75, 3.05) is 13.1 Å². The van der Waals surface area contributed by atoms with Crippen LogP contribution >= 0.6 is 0 Å². The van der Waals surface area contributed by atoms with Gasteiger partial charge in [-0.1, -0.05) is 24.6 Å². The number of carbonyl (C=O) groups excluding carboxylic acids is 1. The van der Waals surface area contributed by atoms with E-state index in [0.29, 0.717) is 19.5 Å². The van der Waals surface area contributed by atoms with Crippen molar-refractivity contribution >= 4 is 5.91 Å². The largest absolute Gasteiger partial charge is 0.393 e. The highest BCUT2D eigenvalue weighted by Gasteiger charge is 2.29. The second-order valence-corrected chi connectivity index (χ2v) is 5.14. The van der Waals surface area contributed by atoms with Crippen molar-refractivity contribution in [2.45, 2.75) is 32.8 Å². The minimum absolute atomic E-state index is 0.0837. The Morgan fingerprint density at radius 2 is 2.06 bits per heavy atom. The molecule has 0 aromatic heterocycles. The number of hydrogen-bond donors (Lipinski definition) is 1. The maximum atomic E-state index is 12.3. The van der Waals surface area contributed by atoms with Gasteiger partial charge in [0.15, 0.2) is 0 Å². The van der Waals surface area contributed by atoms with E-state index in [4.69, 9.17) is 0 Å². The zero-order valence-electron chi connectivity index (χ0n) is 11.1. The first-order valence-corrected chi connectivity index (χ1v) is 6.65. The molecule has 98 valence electrons. The predicted octanol–water partition coefficient (Wildman–Crippen LogP) is 2.23. The summed E-state index contributed by atoms with van der Waals surface area (Å²) in [5.41, 5.74) is 1.90. The molecule has 2 unspecified atom stereocenters. The lowest BCUT2D eigenvalue weighted by Gasteiger charge is -2.35. The van der Waals surface area contributed by atoms with Gasteiger partial charge in [-0.05, 0) is 31.9 Å². The van der Waals surface area contributed by atoms with Crippen LogP contribution in [0, 0.1) is 12.8 Å². The number of benzene rings is 1. The van der Waals surface area contributed by atoms with Crippen LogP contribution in [-0.4, -0.2) is 35.1 Å². The smallest absolute Gasteiger partial charge is 0.253 e. The minimum atomic E-state index is -0.253. The Morgan fingerprint density at radius 3 is 2.67 bits per heavy atom. The fourth-order valence-electron chi connectivity index (χ4n) is 2.48. The summed E-state index contributed by atoms with van der Waals surface area (Å²) in [7, 11) is 0. The number of carbonyl (C=O) groups is 1. The molecule has 2 rings (SSSR count). The maximum absolute atomic E-state index is 12.3. The molecule has 3 heteroatoms. The van der Waals surface area contributed by atoms with Gasteiger partial charge in [-0.15, -0.1) is 0 Å². The first-order valence-electron chi connectivity index (χ1n) is 6.65. The van der Waals surface area contributed by atoms with Gasteiger partial charge in [-0.3, -0.25) is 4.79 Å². The second kappa shape index (κ2) is 5.53. The van der Waals surface area contributed by atoms with Gasteiger partial charge in [0, 0.05) is 24.6 Å². The SMILES string of the molecule is CCC1CN(C(=O)c2ccc(C)cc2)CCC1O.